The summed E-state index contributed by atoms with van der Waals surface area (Å²) in [5, 5.41) is 3.31. The van der Waals surface area contributed by atoms with Gasteiger partial charge >= 0.3 is 0 Å². The zero-order valence-corrected chi connectivity index (χ0v) is 13.2. The summed E-state index contributed by atoms with van der Waals surface area (Å²) in [5.41, 5.74) is 8.61. The molecule has 1 amide bonds. The van der Waals surface area contributed by atoms with Gasteiger partial charge in [-0.1, -0.05) is 44.5 Å². The molecule has 0 fully saturated rings. The molecule has 2 aromatic rings. The SMILES string of the molecule is CC(C)(C)c1ccc(NC(=O)c2cc(Cl)ccc2N)cc1. The number of amides is 1. The number of rotatable bonds is 2. The number of benzene rings is 2. The van der Waals surface area contributed by atoms with Gasteiger partial charge in [0.05, 0.1) is 5.56 Å². The van der Waals surface area contributed by atoms with Gasteiger partial charge < -0.3 is 11.1 Å². The first-order valence-corrected chi connectivity index (χ1v) is 7.12. The number of carbonyl (C=O) groups is 1. The highest BCUT2D eigenvalue weighted by Gasteiger charge is 2.14. The van der Waals surface area contributed by atoms with Crippen molar-refractivity contribution in [2.45, 2.75) is 26.2 Å². The first kappa shape index (κ1) is 15.4. The smallest absolute Gasteiger partial charge is 0.257 e. The molecule has 0 atom stereocenters. The maximum atomic E-state index is 12.2. The summed E-state index contributed by atoms with van der Waals surface area (Å²) < 4.78 is 0. The van der Waals surface area contributed by atoms with E-state index in [0.29, 0.717) is 16.3 Å². The van der Waals surface area contributed by atoms with Crippen molar-refractivity contribution in [2.75, 3.05) is 11.1 Å². The summed E-state index contributed by atoms with van der Waals surface area (Å²) in [4.78, 5) is 12.2. The summed E-state index contributed by atoms with van der Waals surface area (Å²) >= 11 is 5.90. The lowest BCUT2D eigenvalue weighted by Crippen LogP contribution is -2.15. The summed E-state index contributed by atoms with van der Waals surface area (Å²) in [7, 11) is 0. The second-order valence-electron chi connectivity index (χ2n) is 6.01. The van der Waals surface area contributed by atoms with Crippen LogP contribution in [0.15, 0.2) is 42.5 Å². The summed E-state index contributed by atoms with van der Waals surface area (Å²) in [6.45, 7) is 6.44. The van der Waals surface area contributed by atoms with Gasteiger partial charge in [0, 0.05) is 16.4 Å². The number of hydrogen-bond donors (Lipinski definition) is 2. The Bertz CT molecular complexity index is 657. The minimum atomic E-state index is -0.265. The molecule has 0 bridgehead atoms. The van der Waals surface area contributed by atoms with E-state index < -0.39 is 0 Å². The molecular weight excluding hydrogens is 284 g/mol. The van der Waals surface area contributed by atoms with Crippen LogP contribution in [0.25, 0.3) is 0 Å². The Morgan fingerprint density at radius 3 is 2.29 bits per heavy atom. The molecule has 21 heavy (non-hydrogen) atoms. The first-order chi connectivity index (χ1) is 9.77. The Morgan fingerprint density at radius 1 is 1.10 bits per heavy atom. The monoisotopic (exact) mass is 302 g/mol. The van der Waals surface area contributed by atoms with Crippen LogP contribution in [0.5, 0.6) is 0 Å². The van der Waals surface area contributed by atoms with Gasteiger partial charge in [-0.25, -0.2) is 0 Å². The molecule has 0 spiro atoms. The molecule has 3 N–H and O–H groups in total. The van der Waals surface area contributed by atoms with E-state index in [4.69, 9.17) is 17.3 Å². The van der Waals surface area contributed by atoms with Gasteiger partial charge in [0.1, 0.15) is 0 Å². The second-order valence-corrected chi connectivity index (χ2v) is 6.45. The minimum absolute atomic E-state index is 0.0833. The van der Waals surface area contributed by atoms with Crippen molar-refractivity contribution in [3.63, 3.8) is 0 Å². The largest absolute Gasteiger partial charge is 0.398 e. The van der Waals surface area contributed by atoms with Crippen LogP contribution in [0, 0.1) is 0 Å². The summed E-state index contributed by atoms with van der Waals surface area (Å²) in [6, 6.07) is 12.6. The maximum absolute atomic E-state index is 12.2. The normalized spacial score (nSPS) is 11.2. The molecule has 4 heteroatoms. The topological polar surface area (TPSA) is 55.1 Å². The third-order valence-corrected chi connectivity index (χ3v) is 3.50. The quantitative estimate of drug-likeness (QED) is 0.804. The van der Waals surface area contributed by atoms with Crippen LogP contribution < -0.4 is 11.1 Å². The molecule has 0 aliphatic heterocycles. The van der Waals surface area contributed by atoms with E-state index in [1.807, 2.05) is 24.3 Å². The Hall–Kier alpha value is -2.00. The molecule has 0 radical (unpaired) electrons. The van der Waals surface area contributed by atoms with Crippen LogP contribution in [0.3, 0.4) is 0 Å². The van der Waals surface area contributed by atoms with Crippen molar-refractivity contribution in [1.29, 1.82) is 0 Å². The Labute approximate surface area is 130 Å². The van der Waals surface area contributed by atoms with E-state index in [1.165, 1.54) is 5.56 Å². The van der Waals surface area contributed by atoms with Crippen molar-refractivity contribution in [3.05, 3.63) is 58.6 Å². The van der Waals surface area contributed by atoms with Crippen molar-refractivity contribution < 1.29 is 4.79 Å². The lowest BCUT2D eigenvalue weighted by Gasteiger charge is -2.19. The molecule has 110 valence electrons. The van der Waals surface area contributed by atoms with E-state index in [9.17, 15) is 4.79 Å². The highest BCUT2D eigenvalue weighted by atomic mass is 35.5. The van der Waals surface area contributed by atoms with Crippen LogP contribution in [0.2, 0.25) is 5.02 Å². The molecule has 0 heterocycles. The van der Waals surface area contributed by atoms with Gasteiger partial charge in [0.15, 0.2) is 0 Å². The fraction of sp³-hybridized carbons (Fsp3) is 0.235. The van der Waals surface area contributed by atoms with Gasteiger partial charge in [0.2, 0.25) is 0 Å². The number of anilines is 2. The van der Waals surface area contributed by atoms with Gasteiger partial charge in [-0.15, -0.1) is 0 Å². The summed E-state index contributed by atoms with van der Waals surface area (Å²) in [6.07, 6.45) is 0. The van der Waals surface area contributed by atoms with Gasteiger partial charge in [0.25, 0.3) is 5.91 Å². The third-order valence-electron chi connectivity index (χ3n) is 3.27. The average molecular weight is 303 g/mol. The van der Waals surface area contributed by atoms with Gasteiger partial charge in [-0.2, -0.15) is 0 Å². The zero-order valence-electron chi connectivity index (χ0n) is 12.4. The molecule has 0 unspecified atom stereocenters. The summed E-state index contributed by atoms with van der Waals surface area (Å²) in [5.74, 6) is -0.265. The highest BCUT2D eigenvalue weighted by Crippen LogP contribution is 2.24. The molecule has 0 saturated carbocycles. The molecule has 3 nitrogen and oxygen atoms in total. The number of nitrogens with two attached hydrogens (primary N) is 1. The molecule has 0 aromatic heterocycles. The predicted octanol–water partition coefficient (Wildman–Crippen LogP) is 4.47. The molecule has 0 aliphatic carbocycles. The van der Waals surface area contributed by atoms with Crippen molar-refractivity contribution >= 4 is 28.9 Å². The number of halogens is 1. The average Bonchev–Trinajstić information content (AvgIpc) is 2.41. The molecule has 0 aliphatic rings. The number of nitrogen functional groups attached to an aromatic ring is 1. The Morgan fingerprint density at radius 2 is 1.71 bits per heavy atom. The number of carbonyl (C=O) groups excluding carboxylic acids is 1. The molecule has 2 rings (SSSR count). The number of nitrogens with one attached hydrogen (secondary N) is 1. The highest BCUT2D eigenvalue weighted by molar-refractivity contribution is 6.31. The van der Waals surface area contributed by atoms with Gasteiger partial charge in [-0.05, 0) is 41.3 Å². The predicted molar refractivity (Wildman–Crippen MR) is 89.0 cm³/mol. The Balaban J connectivity index is 2.18. The zero-order chi connectivity index (χ0) is 15.6. The van der Waals surface area contributed by atoms with Crippen LogP contribution in [-0.2, 0) is 5.41 Å². The van der Waals surface area contributed by atoms with E-state index >= 15 is 0 Å². The third kappa shape index (κ3) is 3.76. The van der Waals surface area contributed by atoms with Crippen molar-refractivity contribution in [2.24, 2.45) is 0 Å². The lowest BCUT2D eigenvalue weighted by molar-refractivity contribution is 0.102. The number of hydrogen-bond acceptors (Lipinski definition) is 2. The lowest BCUT2D eigenvalue weighted by atomic mass is 9.87. The maximum Gasteiger partial charge on any atom is 0.257 e. The fourth-order valence-corrected chi connectivity index (χ4v) is 2.15. The van der Waals surface area contributed by atoms with Gasteiger partial charge in [-0.3, -0.25) is 4.79 Å². The van der Waals surface area contributed by atoms with Crippen molar-refractivity contribution in [1.82, 2.24) is 0 Å². The van der Waals surface area contributed by atoms with E-state index in [1.54, 1.807) is 18.2 Å². The van der Waals surface area contributed by atoms with Crippen LogP contribution in [0.4, 0.5) is 11.4 Å². The molecule has 0 saturated heterocycles. The Kier molecular flexibility index (Phi) is 4.24. The van der Waals surface area contributed by atoms with E-state index in [2.05, 4.69) is 26.1 Å². The van der Waals surface area contributed by atoms with Crippen LogP contribution >= 0.6 is 11.6 Å². The van der Waals surface area contributed by atoms with Crippen LogP contribution in [0.1, 0.15) is 36.7 Å². The minimum Gasteiger partial charge on any atom is -0.398 e. The molecule has 2 aromatic carbocycles. The fourth-order valence-electron chi connectivity index (χ4n) is 1.98. The molecular formula is C17H19ClN2O. The first-order valence-electron chi connectivity index (χ1n) is 6.74. The van der Waals surface area contributed by atoms with Crippen molar-refractivity contribution in [3.8, 4) is 0 Å². The second kappa shape index (κ2) is 5.78. The van der Waals surface area contributed by atoms with E-state index in [-0.39, 0.29) is 11.3 Å². The van der Waals surface area contributed by atoms with E-state index in [0.717, 1.165) is 5.69 Å². The standard InChI is InChI=1S/C17H19ClN2O/c1-17(2,3)11-4-7-13(8-5-11)20-16(21)14-10-12(18)6-9-15(14)19/h4-10H,19H2,1-3H3,(H,20,21). The van der Waals surface area contributed by atoms with Crippen LogP contribution in [-0.4, -0.2) is 5.91 Å².